The molecule has 2 amide bonds. The molecule has 4 unspecified atom stereocenters. The van der Waals surface area contributed by atoms with Gasteiger partial charge in [-0.3, -0.25) is 9.59 Å². The first-order valence-corrected chi connectivity index (χ1v) is 22.6. The van der Waals surface area contributed by atoms with Gasteiger partial charge in [0, 0.05) is 41.8 Å². The summed E-state index contributed by atoms with van der Waals surface area (Å²) < 4.78 is 42.7. The van der Waals surface area contributed by atoms with Crippen LogP contribution >= 0.6 is 11.8 Å². The number of rotatable bonds is 16. The standard InChI is InChI=1S/C49H49N3O7S2/c1-33-14-24-45(25-15-33)61(56,57)52-46(27-35-8-4-3-5-9-35)48(55)50-30-37-10-6-11-39(26-37)40-12-7-13-41(28-40)49-58-43(29-47(59-49)38-18-16-36(31-53)17-19-38)32-60-44-22-20-42(21-23-44)51-34(2)54/h3-26,28,43,46-47,49,52-53H,27,29-32H2,1-2H3,(H,50,55)(H,51,54). The Bertz CT molecular complexity index is 2520. The van der Waals surface area contributed by atoms with Crippen molar-refractivity contribution in [3.8, 4) is 11.1 Å². The molecule has 7 rings (SSSR count). The van der Waals surface area contributed by atoms with E-state index in [1.54, 1.807) is 23.9 Å². The molecule has 1 aliphatic rings. The number of carbonyl (C=O) groups is 2. The van der Waals surface area contributed by atoms with Crippen molar-refractivity contribution in [2.75, 3.05) is 11.1 Å². The fourth-order valence-corrected chi connectivity index (χ4v) is 9.22. The summed E-state index contributed by atoms with van der Waals surface area (Å²) in [7, 11) is -3.98. The maximum Gasteiger partial charge on any atom is 0.241 e. The van der Waals surface area contributed by atoms with Gasteiger partial charge in [-0.25, -0.2) is 8.42 Å². The van der Waals surface area contributed by atoms with Crippen LogP contribution in [0.2, 0.25) is 0 Å². The van der Waals surface area contributed by atoms with Crippen LogP contribution in [0.15, 0.2) is 161 Å². The molecule has 1 heterocycles. The highest BCUT2D eigenvalue weighted by Crippen LogP contribution is 2.40. The molecule has 1 saturated heterocycles. The van der Waals surface area contributed by atoms with Crippen molar-refractivity contribution in [2.45, 2.75) is 74.2 Å². The number of ether oxygens (including phenoxy) is 2. The first-order chi connectivity index (χ1) is 29.5. The molecule has 1 aliphatic heterocycles. The Morgan fingerprint density at radius 3 is 2.15 bits per heavy atom. The summed E-state index contributed by atoms with van der Waals surface area (Å²) in [5.41, 5.74) is 7.89. The second-order valence-corrected chi connectivity index (χ2v) is 17.9. The molecule has 1 fully saturated rings. The molecule has 314 valence electrons. The van der Waals surface area contributed by atoms with Gasteiger partial charge >= 0.3 is 0 Å². The van der Waals surface area contributed by atoms with Crippen LogP contribution in [-0.2, 0) is 48.7 Å². The first-order valence-electron chi connectivity index (χ1n) is 20.1. The zero-order chi connectivity index (χ0) is 42.8. The van der Waals surface area contributed by atoms with Gasteiger partial charge in [-0.05, 0) is 95.3 Å². The summed E-state index contributed by atoms with van der Waals surface area (Å²) in [6, 6.07) is 46.3. The lowest BCUT2D eigenvalue weighted by atomic mass is 9.99. The largest absolute Gasteiger partial charge is 0.392 e. The molecule has 6 aromatic rings. The average Bonchev–Trinajstić information content (AvgIpc) is 3.28. The van der Waals surface area contributed by atoms with Crippen LogP contribution in [0.5, 0.6) is 0 Å². The third kappa shape index (κ3) is 12.0. The Hall–Kier alpha value is -5.60. The number of thioether (sulfide) groups is 1. The predicted molar refractivity (Wildman–Crippen MR) is 239 cm³/mol. The molecule has 12 heteroatoms. The van der Waals surface area contributed by atoms with E-state index in [4.69, 9.17) is 9.47 Å². The lowest BCUT2D eigenvalue weighted by molar-refractivity contribution is -0.245. The van der Waals surface area contributed by atoms with Gasteiger partial charge in [0.15, 0.2) is 6.29 Å². The van der Waals surface area contributed by atoms with E-state index in [1.807, 2.05) is 128 Å². The topological polar surface area (TPSA) is 143 Å². The minimum atomic E-state index is -3.98. The van der Waals surface area contributed by atoms with E-state index < -0.39 is 28.3 Å². The van der Waals surface area contributed by atoms with Crippen LogP contribution in [0.3, 0.4) is 0 Å². The second-order valence-electron chi connectivity index (χ2n) is 15.1. The van der Waals surface area contributed by atoms with E-state index in [2.05, 4.69) is 21.4 Å². The zero-order valence-corrected chi connectivity index (χ0v) is 35.6. The van der Waals surface area contributed by atoms with Gasteiger partial charge in [-0.15, -0.1) is 11.8 Å². The molecule has 61 heavy (non-hydrogen) atoms. The highest BCUT2D eigenvalue weighted by atomic mass is 32.2. The molecule has 4 atom stereocenters. The van der Waals surface area contributed by atoms with Crippen molar-refractivity contribution in [1.82, 2.24) is 10.0 Å². The average molecular weight is 856 g/mol. The molecule has 0 aliphatic carbocycles. The number of aliphatic hydroxyl groups excluding tert-OH is 1. The number of benzene rings is 6. The molecule has 0 radical (unpaired) electrons. The van der Waals surface area contributed by atoms with Crippen molar-refractivity contribution in [3.05, 3.63) is 185 Å². The van der Waals surface area contributed by atoms with Gasteiger partial charge in [-0.2, -0.15) is 4.72 Å². The maximum atomic E-state index is 13.7. The summed E-state index contributed by atoms with van der Waals surface area (Å²) in [6.07, 6.45) is -0.237. The number of aliphatic hydroxyl groups is 1. The van der Waals surface area contributed by atoms with Gasteiger partial charge in [0.2, 0.25) is 21.8 Å². The fourth-order valence-electron chi connectivity index (χ4n) is 7.10. The Labute approximate surface area is 361 Å². The smallest absolute Gasteiger partial charge is 0.241 e. The molecule has 0 aromatic heterocycles. The number of hydrogen-bond acceptors (Lipinski definition) is 8. The normalized spacial score (nSPS) is 17.0. The van der Waals surface area contributed by atoms with E-state index >= 15 is 0 Å². The summed E-state index contributed by atoms with van der Waals surface area (Å²) in [6.45, 7) is 3.51. The summed E-state index contributed by atoms with van der Waals surface area (Å²) >= 11 is 1.68. The molecule has 0 saturated carbocycles. The molecule has 10 nitrogen and oxygen atoms in total. The molecule has 4 N–H and O–H groups in total. The Morgan fingerprint density at radius 2 is 1.44 bits per heavy atom. The molecular weight excluding hydrogens is 807 g/mol. The third-order valence-corrected chi connectivity index (χ3v) is 13.0. The predicted octanol–water partition coefficient (Wildman–Crippen LogP) is 8.66. The quantitative estimate of drug-likeness (QED) is 0.0709. The Kier molecular flexibility index (Phi) is 14.5. The Balaban J connectivity index is 1.06. The van der Waals surface area contributed by atoms with Crippen LogP contribution in [-0.4, -0.2) is 43.2 Å². The highest BCUT2D eigenvalue weighted by molar-refractivity contribution is 7.99. The van der Waals surface area contributed by atoms with Gasteiger partial charge in [0.05, 0.1) is 23.7 Å². The van der Waals surface area contributed by atoms with Crippen molar-refractivity contribution in [3.63, 3.8) is 0 Å². The van der Waals surface area contributed by atoms with Gasteiger partial charge < -0.3 is 25.2 Å². The van der Waals surface area contributed by atoms with Gasteiger partial charge in [0.25, 0.3) is 0 Å². The summed E-state index contributed by atoms with van der Waals surface area (Å²) in [4.78, 5) is 26.4. The van der Waals surface area contributed by atoms with Crippen LogP contribution in [0.4, 0.5) is 5.69 Å². The number of hydrogen-bond donors (Lipinski definition) is 4. The lowest BCUT2D eigenvalue weighted by Crippen LogP contribution is -2.47. The molecule has 6 aromatic carbocycles. The van der Waals surface area contributed by atoms with E-state index in [9.17, 15) is 23.1 Å². The SMILES string of the molecule is CC(=O)Nc1ccc(SCC2CC(c3ccc(CO)cc3)OC(c3cccc(-c4cccc(CNC(=O)C(Cc5ccccc5)NS(=O)(=O)c5ccc(C)cc5)c4)c3)O2)cc1. The Morgan fingerprint density at radius 1 is 0.754 bits per heavy atom. The second kappa shape index (κ2) is 20.3. The number of carbonyl (C=O) groups excluding carboxylic acids is 2. The zero-order valence-electron chi connectivity index (χ0n) is 34.0. The van der Waals surface area contributed by atoms with Crippen molar-refractivity contribution in [1.29, 1.82) is 0 Å². The number of aryl methyl sites for hydroxylation is 1. The minimum Gasteiger partial charge on any atom is -0.392 e. The molecule has 0 spiro atoms. The van der Waals surface area contributed by atoms with Crippen LogP contribution < -0.4 is 15.4 Å². The third-order valence-electron chi connectivity index (χ3n) is 10.3. The van der Waals surface area contributed by atoms with Gasteiger partial charge in [-0.1, -0.05) is 109 Å². The number of sulfonamides is 1. The monoisotopic (exact) mass is 855 g/mol. The molecular formula is C49H49N3O7S2. The summed E-state index contributed by atoms with van der Waals surface area (Å²) in [5, 5.41) is 15.4. The number of amides is 2. The van der Waals surface area contributed by atoms with E-state index in [0.29, 0.717) is 12.2 Å². The molecule has 0 bridgehead atoms. The van der Waals surface area contributed by atoms with Crippen molar-refractivity contribution in [2.24, 2.45) is 0 Å². The van der Waals surface area contributed by atoms with Crippen molar-refractivity contribution < 1.29 is 32.6 Å². The number of nitrogens with one attached hydrogen (secondary N) is 3. The summed E-state index contributed by atoms with van der Waals surface area (Å²) in [5.74, 6) is 0.124. The van der Waals surface area contributed by atoms with Crippen LogP contribution in [0.25, 0.3) is 11.1 Å². The van der Waals surface area contributed by atoms with Gasteiger partial charge in [0.1, 0.15) is 6.04 Å². The lowest BCUT2D eigenvalue weighted by Gasteiger charge is -2.36. The van der Waals surface area contributed by atoms with Crippen molar-refractivity contribution >= 4 is 39.3 Å². The number of anilines is 1. The van der Waals surface area contributed by atoms with E-state index in [1.165, 1.54) is 19.1 Å². The fraction of sp³-hybridized carbons (Fsp3) is 0.224. The van der Waals surface area contributed by atoms with Crippen LogP contribution in [0.1, 0.15) is 59.1 Å². The van der Waals surface area contributed by atoms with E-state index in [-0.39, 0.29) is 42.6 Å². The first kappa shape index (κ1) is 43.5. The maximum absolute atomic E-state index is 13.7. The highest BCUT2D eigenvalue weighted by Gasteiger charge is 2.33. The van der Waals surface area contributed by atoms with Crippen LogP contribution in [0, 0.1) is 6.92 Å². The minimum absolute atomic E-state index is 0.0389. The van der Waals surface area contributed by atoms with E-state index in [0.717, 1.165) is 55.1 Å².